The summed E-state index contributed by atoms with van der Waals surface area (Å²) in [7, 11) is 0. The summed E-state index contributed by atoms with van der Waals surface area (Å²) in [4.78, 5) is 0.678. The van der Waals surface area contributed by atoms with Crippen molar-refractivity contribution in [1.82, 2.24) is 0 Å². The highest BCUT2D eigenvalue weighted by Crippen LogP contribution is 2.41. The van der Waals surface area contributed by atoms with Crippen molar-refractivity contribution >= 4 is 23.5 Å². The molecule has 3 rings (SSSR count). The molecule has 2 aromatic carbocycles. The highest BCUT2D eigenvalue weighted by atomic mass is 32.2. The van der Waals surface area contributed by atoms with Gasteiger partial charge in [0.1, 0.15) is 5.82 Å². The van der Waals surface area contributed by atoms with Gasteiger partial charge in [0.05, 0.1) is 5.56 Å². The zero-order valence-corrected chi connectivity index (χ0v) is 13.9. The third kappa shape index (κ3) is 2.90. The summed E-state index contributed by atoms with van der Waals surface area (Å²) < 4.78 is 53.7. The molecule has 1 aliphatic rings. The molecule has 0 aliphatic carbocycles. The fourth-order valence-electron chi connectivity index (χ4n) is 2.87. The zero-order chi connectivity index (χ0) is 17.5. The Morgan fingerprint density at radius 1 is 1.12 bits per heavy atom. The summed E-state index contributed by atoms with van der Waals surface area (Å²) in [6.45, 7) is 2.36. The molecule has 0 saturated carbocycles. The Kier molecular flexibility index (Phi) is 4.34. The molecule has 24 heavy (non-hydrogen) atoms. The number of halogens is 4. The number of anilines is 1. The van der Waals surface area contributed by atoms with Crippen molar-refractivity contribution < 1.29 is 17.6 Å². The molecule has 0 radical (unpaired) electrons. The van der Waals surface area contributed by atoms with Gasteiger partial charge in [-0.25, -0.2) is 4.39 Å². The van der Waals surface area contributed by atoms with Crippen LogP contribution in [0, 0.1) is 12.7 Å². The first kappa shape index (κ1) is 16.9. The van der Waals surface area contributed by atoms with Gasteiger partial charge in [-0.05, 0) is 54.1 Å². The second-order valence-corrected chi connectivity index (χ2v) is 6.36. The van der Waals surface area contributed by atoms with Crippen LogP contribution >= 0.6 is 11.8 Å². The van der Waals surface area contributed by atoms with E-state index < -0.39 is 17.6 Å². The molecule has 0 unspecified atom stereocenters. The summed E-state index contributed by atoms with van der Waals surface area (Å²) >= 11 is 1.34. The third-order valence-electron chi connectivity index (χ3n) is 4.07. The van der Waals surface area contributed by atoms with E-state index in [1.807, 2.05) is 6.08 Å². The maximum Gasteiger partial charge on any atom is 0.416 e. The molecule has 0 spiro atoms. The van der Waals surface area contributed by atoms with Gasteiger partial charge in [-0.1, -0.05) is 12.2 Å². The van der Waals surface area contributed by atoms with Crippen molar-refractivity contribution in [3.63, 3.8) is 0 Å². The Morgan fingerprint density at radius 2 is 1.88 bits per heavy atom. The molecule has 1 aliphatic heterocycles. The lowest BCUT2D eigenvalue weighted by atomic mass is 9.93. The fourth-order valence-corrected chi connectivity index (χ4v) is 3.46. The van der Waals surface area contributed by atoms with Crippen LogP contribution in [0.3, 0.4) is 0 Å². The molecular formula is C18H15F4NS. The van der Waals surface area contributed by atoms with Crippen molar-refractivity contribution in [2.45, 2.75) is 18.0 Å². The molecule has 2 aromatic rings. The summed E-state index contributed by atoms with van der Waals surface area (Å²) in [6.07, 6.45) is 0.853. The van der Waals surface area contributed by atoms with E-state index in [-0.39, 0.29) is 0 Å². The van der Waals surface area contributed by atoms with Crippen LogP contribution in [-0.4, -0.2) is 12.8 Å². The van der Waals surface area contributed by atoms with Crippen LogP contribution in [0.1, 0.15) is 16.7 Å². The van der Waals surface area contributed by atoms with Crippen LogP contribution in [-0.2, 0) is 6.18 Å². The minimum absolute atomic E-state index is 0.396. The number of hydrogen-bond donors (Lipinski definition) is 1. The average Bonchev–Trinajstić information content (AvgIpc) is 2.57. The molecule has 1 N–H and O–H groups in total. The number of benzene rings is 2. The standard InChI is InChI=1S/C18H15F4NS/c1-10-13(9-15(19)12-4-3-7-23-17(10)12)14-8-11(18(20,21)22)5-6-16(14)24-2/h3-6,8-9,23H,7H2,1-2H3. The smallest absolute Gasteiger partial charge is 0.381 e. The van der Waals surface area contributed by atoms with Gasteiger partial charge in [-0.2, -0.15) is 13.2 Å². The van der Waals surface area contributed by atoms with Crippen molar-refractivity contribution in [2.24, 2.45) is 0 Å². The SMILES string of the molecule is CSc1ccc(C(F)(F)F)cc1-c1cc(F)c2c(c1C)NCC=C2. The van der Waals surface area contributed by atoms with Crippen LogP contribution in [0.4, 0.5) is 23.2 Å². The largest absolute Gasteiger partial charge is 0.416 e. The van der Waals surface area contributed by atoms with Gasteiger partial charge < -0.3 is 5.32 Å². The lowest BCUT2D eigenvalue weighted by Crippen LogP contribution is -2.09. The van der Waals surface area contributed by atoms with Gasteiger partial charge in [0.25, 0.3) is 0 Å². The van der Waals surface area contributed by atoms with Crippen molar-refractivity contribution in [1.29, 1.82) is 0 Å². The summed E-state index contributed by atoms with van der Waals surface area (Å²) in [5, 5.41) is 3.11. The van der Waals surface area contributed by atoms with Gasteiger partial charge in [0.15, 0.2) is 0 Å². The van der Waals surface area contributed by atoms with Crippen LogP contribution in [0.5, 0.6) is 0 Å². The molecule has 0 fully saturated rings. The lowest BCUT2D eigenvalue weighted by Gasteiger charge is -2.21. The van der Waals surface area contributed by atoms with Crippen LogP contribution in [0.2, 0.25) is 0 Å². The predicted molar refractivity (Wildman–Crippen MR) is 90.9 cm³/mol. The molecule has 0 atom stereocenters. The highest BCUT2D eigenvalue weighted by Gasteiger charge is 2.31. The summed E-state index contributed by atoms with van der Waals surface area (Å²) in [6, 6.07) is 4.91. The first-order valence-corrected chi connectivity index (χ1v) is 8.54. The lowest BCUT2D eigenvalue weighted by molar-refractivity contribution is -0.137. The molecule has 1 nitrogen and oxygen atoms in total. The fraction of sp³-hybridized carbons (Fsp3) is 0.222. The van der Waals surface area contributed by atoms with E-state index in [4.69, 9.17) is 0 Å². The molecule has 6 heteroatoms. The Bertz CT molecular complexity index is 825. The van der Waals surface area contributed by atoms with E-state index in [1.165, 1.54) is 23.9 Å². The van der Waals surface area contributed by atoms with E-state index in [0.29, 0.717) is 33.8 Å². The predicted octanol–water partition coefficient (Wildman–Crippen LogP) is 5.98. The number of thioether (sulfide) groups is 1. The monoisotopic (exact) mass is 353 g/mol. The van der Waals surface area contributed by atoms with Gasteiger partial charge >= 0.3 is 6.18 Å². The van der Waals surface area contributed by atoms with Crippen LogP contribution < -0.4 is 5.32 Å². The molecular weight excluding hydrogens is 338 g/mol. The molecule has 0 aromatic heterocycles. The first-order chi connectivity index (χ1) is 11.3. The topological polar surface area (TPSA) is 12.0 Å². The quantitative estimate of drug-likeness (QED) is 0.526. The van der Waals surface area contributed by atoms with Crippen molar-refractivity contribution in [3.05, 3.63) is 52.8 Å². The minimum Gasteiger partial charge on any atom is -0.381 e. The zero-order valence-electron chi connectivity index (χ0n) is 13.1. The number of fused-ring (bicyclic) bond motifs is 1. The second-order valence-electron chi connectivity index (χ2n) is 5.52. The molecule has 0 amide bonds. The first-order valence-electron chi connectivity index (χ1n) is 7.32. The minimum atomic E-state index is -4.44. The van der Waals surface area contributed by atoms with Gasteiger partial charge in [0, 0.05) is 22.7 Å². The van der Waals surface area contributed by atoms with E-state index in [1.54, 1.807) is 19.3 Å². The summed E-state index contributed by atoms with van der Waals surface area (Å²) in [5.74, 6) is -0.446. The molecule has 0 saturated heterocycles. The van der Waals surface area contributed by atoms with E-state index in [9.17, 15) is 17.6 Å². The average molecular weight is 353 g/mol. The van der Waals surface area contributed by atoms with E-state index in [0.717, 1.165) is 17.7 Å². The van der Waals surface area contributed by atoms with E-state index in [2.05, 4.69) is 5.32 Å². The third-order valence-corrected chi connectivity index (χ3v) is 4.87. The number of nitrogens with one attached hydrogen (secondary N) is 1. The number of rotatable bonds is 2. The van der Waals surface area contributed by atoms with E-state index >= 15 is 0 Å². The Balaban J connectivity index is 2.26. The number of hydrogen-bond acceptors (Lipinski definition) is 2. The normalized spacial score (nSPS) is 13.6. The van der Waals surface area contributed by atoms with Gasteiger partial charge in [-0.3, -0.25) is 0 Å². The van der Waals surface area contributed by atoms with Gasteiger partial charge in [-0.15, -0.1) is 11.8 Å². The molecule has 126 valence electrons. The van der Waals surface area contributed by atoms with Crippen LogP contribution in [0.25, 0.3) is 17.2 Å². The van der Waals surface area contributed by atoms with Crippen LogP contribution in [0.15, 0.2) is 35.2 Å². The molecule has 0 bridgehead atoms. The molecule has 1 heterocycles. The highest BCUT2D eigenvalue weighted by molar-refractivity contribution is 7.98. The Labute approximate surface area is 141 Å². The Morgan fingerprint density at radius 3 is 2.54 bits per heavy atom. The summed E-state index contributed by atoms with van der Waals surface area (Å²) in [5.41, 5.74) is 1.96. The number of alkyl halides is 3. The maximum absolute atomic E-state index is 14.4. The van der Waals surface area contributed by atoms with Crippen molar-refractivity contribution in [2.75, 3.05) is 18.1 Å². The van der Waals surface area contributed by atoms with Gasteiger partial charge in [0.2, 0.25) is 0 Å². The maximum atomic E-state index is 14.4. The Hall–Kier alpha value is -1.95. The second kappa shape index (κ2) is 6.16. The van der Waals surface area contributed by atoms with Crippen molar-refractivity contribution in [3.8, 4) is 11.1 Å².